The Labute approximate surface area is 162 Å². The molecule has 7 aliphatic rings. The van der Waals surface area contributed by atoms with Gasteiger partial charge in [-0.05, 0) is 65.5 Å². The average Bonchev–Trinajstić information content (AvgIpc) is 3.29. The van der Waals surface area contributed by atoms with Crippen molar-refractivity contribution in [3.63, 3.8) is 0 Å². The number of allylic oxidation sites excluding steroid dienone is 2. The minimum atomic E-state index is -2.02. The normalized spacial score (nSPS) is 60.6. The van der Waals surface area contributed by atoms with E-state index in [1.165, 1.54) is 0 Å². The first kappa shape index (κ1) is 16.1. The van der Waals surface area contributed by atoms with Crippen molar-refractivity contribution in [2.24, 2.45) is 71.0 Å². The number of hydrogen-bond donors (Lipinski definition) is 0. The van der Waals surface area contributed by atoms with Crippen molar-refractivity contribution in [2.45, 2.75) is 45.0 Å². The van der Waals surface area contributed by atoms with Crippen molar-refractivity contribution >= 4 is 19.9 Å². The Morgan fingerprint density at radius 3 is 1.63 bits per heavy atom. The fourth-order valence-electron chi connectivity index (χ4n) is 9.46. The summed E-state index contributed by atoms with van der Waals surface area (Å²) in [6.07, 6.45) is 4.57. The van der Waals surface area contributed by atoms with E-state index in [2.05, 4.69) is 46.0 Å². The first-order chi connectivity index (χ1) is 12.6. The Kier molecular flexibility index (Phi) is 2.52. The van der Waals surface area contributed by atoms with Gasteiger partial charge < -0.3 is 4.43 Å². The first-order valence-electron chi connectivity index (χ1n) is 11.1. The van der Waals surface area contributed by atoms with Crippen molar-refractivity contribution in [2.75, 3.05) is 0 Å². The molecule has 3 unspecified atom stereocenters. The molecule has 0 amide bonds. The largest absolute Gasteiger partial charge is 0.412 e. The van der Waals surface area contributed by atoms with Crippen LogP contribution in [0.15, 0.2) is 12.2 Å². The molecule has 0 aliphatic heterocycles. The number of carbonyl (C=O) groups is 2. The van der Waals surface area contributed by atoms with Crippen LogP contribution in [0.1, 0.15) is 20.8 Å². The van der Waals surface area contributed by atoms with E-state index in [9.17, 15) is 9.59 Å². The number of ketones is 2. The third-order valence-corrected chi connectivity index (χ3v) is 15.3. The molecule has 144 valence electrons. The third-order valence-electron chi connectivity index (χ3n) is 10.9. The summed E-state index contributed by atoms with van der Waals surface area (Å²) in [5.41, 5.74) is 0. The Morgan fingerprint density at radius 1 is 0.741 bits per heavy atom. The summed E-state index contributed by atoms with van der Waals surface area (Å²) in [6, 6.07) is 0. The predicted molar refractivity (Wildman–Crippen MR) is 103 cm³/mol. The van der Waals surface area contributed by atoms with Crippen LogP contribution < -0.4 is 0 Å². The molecule has 6 saturated carbocycles. The van der Waals surface area contributed by atoms with Gasteiger partial charge in [0.1, 0.15) is 11.6 Å². The lowest BCUT2D eigenvalue weighted by atomic mass is 9.78. The molecule has 0 aromatic rings. The summed E-state index contributed by atoms with van der Waals surface area (Å²) in [5.74, 6) is 5.76. The maximum Gasteiger partial charge on any atom is 0.192 e. The summed E-state index contributed by atoms with van der Waals surface area (Å²) in [7, 11) is -2.02. The van der Waals surface area contributed by atoms with Gasteiger partial charge in [0.2, 0.25) is 0 Å². The Hall–Kier alpha value is -0.743. The van der Waals surface area contributed by atoms with E-state index in [0.717, 1.165) is 0 Å². The molecular formula is C23H30O3Si. The van der Waals surface area contributed by atoms with Crippen LogP contribution in [0.4, 0.5) is 0 Å². The average molecular weight is 383 g/mol. The summed E-state index contributed by atoms with van der Waals surface area (Å²) in [6.45, 7) is 11.3. The molecule has 27 heavy (non-hydrogen) atoms. The maximum atomic E-state index is 13.7. The fraction of sp³-hybridized carbons (Fsp3) is 0.826. The van der Waals surface area contributed by atoms with Gasteiger partial charge in [-0.15, -0.1) is 0 Å². The van der Waals surface area contributed by atoms with Gasteiger partial charge in [0.05, 0.1) is 6.10 Å². The van der Waals surface area contributed by atoms with Gasteiger partial charge >= 0.3 is 0 Å². The number of rotatable bonds is 2. The zero-order valence-electron chi connectivity index (χ0n) is 16.9. The second-order valence-corrected chi connectivity index (χ2v) is 17.0. The molecule has 7 rings (SSSR count). The Balaban J connectivity index is 1.39. The van der Waals surface area contributed by atoms with Crippen LogP contribution in [-0.4, -0.2) is 26.0 Å². The lowest BCUT2D eigenvalue weighted by Gasteiger charge is -2.41. The third kappa shape index (κ3) is 1.42. The van der Waals surface area contributed by atoms with Crippen LogP contribution >= 0.6 is 0 Å². The SMILES string of the molecule is CC(C)(C)[Si](C)(C)OC1[C@@H]2C(=O)[C@@H]3[C@@H]4C5C6[C@@H](C=C[C@@H]63)[C@H]3C(=O)[C@@H]1[C@@H]([C@@H]53)[C@H]42. The molecule has 4 heteroatoms. The first-order valence-corrected chi connectivity index (χ1v) is 14.0. The Morgan fingerprint density at radius 2 is 1.19 bits per heavy atom. The molecule has 0 radical (unpaired) electrons. The van der Waals surface area contributed by atoms with Crippen molar-refractivity contribution in [3.8, 4) is 0 Å². The van der Waals surface area contributed by atoms with Crippen LogP contribution in [-0.2, 0) is 14.0 Å². The highest BCUT2D eigenvalue weighted by Crippen LogP contribution is 2.82. The van der Waals surface area contributed by atoms with Crippen molar-refractivity contribution in [1.29, 1.82) is 0 Å². The number of fused-ring (bicyclic) bond motifs is 2. The van der Waals surface area contributed by atoms with Crippen LogP contribution in [0.5, 0.6) is 0 Å². The number of carbonyl (C=O) groups excluding carboxylic acids is 2. The minimum Gasteiger partial charge on any atom is -0.412 e. The van der Waals surface area contributed by atoms with Gasteiger partial charge in [-0.2, -0.15) is 0 Å². The van der Waals surface area contributed by atoms with E-state index in [1.807, 2.05) is 0 Å². The second-order valence-electron chi connectivity index (χ2n) is 12.3. The van der Waals surface area contributed by atoms with Gasteiger partial charge in [-0.3, -0.25) is 9.59 Å². The molecular weight excluding hydrogens is 352 g/mol. The number of Topliss-reactive ketones (excluding diaryl/α,β-unsaturated/α-hetero) is 2. The number of hydrogen-bond acceptors (Lipinski definition) is 3. The highest BCUT2D eigenvalue weighted by atomic mass is 28.4. The molecule has 0 aromatic heterocycles. The van der Waals surface area contributed by atoms with Gasteiger partial charge in [0.15, 0.2) is 8.32 Å². The van der Waals surface area contributed by atoms with Crippen LogP contribution in [0.2, 0.25) is 18.1 Å². The van der Waals surface area contributed by atoms with Crippen LogP contribution in [0.25, 0.3) is 0 Å². The molecule has 0 spiro atoms. The van der Waals surface area contributed by atoms with E-state index >= 15 is 0 Å². The Bertz CT molecular complexity index is 785. The highest BCUT2D eigenvalue weighted by molar-refractivity contribution is 6.74. The van der Waals surface area contributed by atoms with Crippen molar-refractivity contribution < 1.29 is 14.0 Å². The lowest BCUT2D eigenvalue weighted by molar-refractivity contribution is -0.132. The maximum absolute atomic E-state index is 13.7. The summed E-state index contributed by atoms with van der Waals surface area (Å²) >= 11 is 0. The van der Waals surface area contributed by atoms with Crippen molar-refractivity contribution in [1.82, 2.24) is 0 Å². The minimum absolute atomic E-state index is 0.0213. The van der Waals surface area contributed by atoms with Gasteiger partial charge in [0, 0.05) is 23.7 Å². The molecule has 0 N–H and O–H groups in total. The zero-order valence-corrected chi connectivity index (χ0v) is 17.9. The van der Waals surface area contributed by atoms with E-state index in [-0.39, 0.29) is 34.8 Å². The molecule has 0 aromatic carbocycles. The van der Waals surface area contributed by atoms with Crippen molar-refractivity contribution in [3.05, 3.63) is 12.2 Å². The molecule has 0 bridgehead atoms. The van der Waals surface area contributed by atoms with Gasteiger partial charge in [-0.1, -0.05) is 32.9 Å². The summed E-state index contributed by atoms with van der Waals surface area (Å²) in [5, 5.41) is 0.105. The molecule has 0 saturated heterocycles. The van der Waals surface area contributed by atoms with E-state index in [4.69, 9.17) is 4.43 Å². The predicted octanol–water partition coefficient (Wildman–Crippen LogP) is 3.56. The molecule has 6 fully saturated rings. The molecule has 3 nitrogen and oxygen atoms in total. The van der Waals surface area contributed by atoms with E-state index in [0.29, 0.717) is 58.9 Å². The molecule has 0 heterocycles. The van der Waals surface area contributed by atoms with E-state index < -0.39 is 8.32 Å². The van der Waals surface area contributed by atoms with Gasteiger partial charge in [-0.25, -0.2) is 0 Å². The quantitative estimate of drug-likeness (QED) is 0.542. The van der Waals surface area contributed by atoms with Crippen LogP contribution in [0, 0.1) is 71.0 Å². The topological polar surface area (TPSA) is 43.4 Å². The zero-order chi connectivity index (χ0) is 18.8. The standard InChI is InChI=1S/C23H30O3Si/c1-23(2,3)27(4,5)26-22-18-16-14-11(20(18)24)8-6-7-9-10(8)13(14)15-12(9)21(25)19(22)17(15)16/h6-19,22H,1-5H3/t8-,9+,10?,11-,12+,13?,14-,15-,16+,17+,18+,19+,22?/m1/s1. The lowest BCUT2D eigenvalue weighted by Crippen LogP contribution is -2.49. The van der Waals surface area contributed by atoms with Crippen LogP contribution in [0.3, 0.4) is 0 Å². The fourth-order valence-corrected chi connectivity index (χ4v) is 10.8. The summed E-state index contributed by atoms with van der Waals surface area (Å²) < 4.78 is 6.94. The monoisotopic (exact) mass is 382 g/mol. The molecule has 7 aliphatic carbocycles. The second kappa shape index (κ2) is 4.23. The smallest absolute Gasteiger partial charge is 0.192 e. The summed E-state index contributed by atoms with van der Waals surface area (Å²) in [4.78, 5) is 27.4. The van der Waals surface area contributed by atoms with Gasteiger partial charge in [0.25, 0.3) is 0 Å². The highest BCUT2D eigenvalue weighted by Gasteiger charge is 2.85. The van der Waals surface area contributed by atoms with E-state index in [1.54, 1.807) is 0 Å². The molecule has 13 atom stereocenters.